The van der Waals surface area contributed by atoms with E-state index >= 15 is 0 Å². The minimum atomic E-state index is 0.611. The van der Waals surface area contributed by atoms with E-state index in [9.17, 15) is 4.39 Å². The van der Waals surface area contributed by atoms with Crippen molar-refractivity contribution in [3.63, 3.8) is 0 Å². The molecule has 0 spiro atoms. The minimum absolute atomic E-state index is 0.611. The van der Waals surface area contributed by atoms with Crippen molar-refractivity contribution in [2.75, 3.05) is 0 Å². The third-order valence-corrected chi connectivity index (χ3v) is 3.28. The summed E-state index contributed by atoms with van der Waals surface area (Å²) in [5, 5.41) is 0. The molecule has 88 valence electrons. The summed E-state index contributed by atoms with van der Waals surface area (Å²) in [7, 11) is 0. The Morgan fingerprint density at radius 2 is 1.78 bits per heavy atom. The second kappa shape index (κ2) is 4.61. The maximum absolute atomic E-state index is 12.3. The number of fused-ring (bicyclic) bond motifs is 1. The van der Waals surface area contributed by atoms with Gasteiger partial charge in [0.05, 0.1) is 6.33 Å². The van der Waals surface area contributed by atoms with Gasteiger partial charge in [-0.25, -0.2) is 4.39 Å². The van der Waals surface area contributed by atoms with Crippen LogP contribution in [0.15, 0.2) is 66.5 Å². The van der Waals surface area contributed by atoms with Crippen molar-refractivity contribution >= 4 is 6.08 Å². The molecule has 0 saturated heterocycles. The molecule has 3 rings (SSSR count). The summed E-state index contributed by atoms with van der Waals surface area (Å²) in [5.74, 6) is 0. The Balaban J connectivity index is 2.12. The lowest BCUT2D eigenvalue weighted by Crippen LogP contribution is -1.86. The molecule has 0 N–H and O–H groups in total. The van der Waals surface area contributed by atoms with Gasteiger partial charge >= 0.3 is 0 Å². The molecule has 0 radical (unpaired) electrons. The second-order valence-corrected chi connectivity index (χ2v) is 4.43. The van der Waals surface area contributed by atoms with Crippen LogP contribution < -0.4 is 0 Å². The number of benzene rings is 2. The van der Waals surface area contributed by atoms with Crippen LogP contribution in [0.2, 0.25) is 0 Å². The van der Waals surface area contributed by atoms with E-state index in [2.05, 4.69) is 36.4 Å². The zero-order chi connectivity index (χ0) is 12.4. The van der Waals surface area contributed by atoms with Crippen LogP contribution in [0.4, 0.5) is 4.39 Å². The molecule has 2 aromatic rings. The van der Waals surface area contributed by atoms with Gasteiger partial charge in [-0.3, -0.25) is 0 Å². The van der Waals surface area contributed by atoms with Crippen LogP contribution in [0, 0.1) is 0 Å². The highest BCUT2D eigenvalue weighted by atomic mass is 19.1. The van der Waals surface area contributed by atoms with Crippen LogP contribution in [-0.2, 0) is 6.42 Å². The Morgan fingerprint density at radius 3 is 2.56 bits per heavy atom. The van der Waals surface area contributed by atoms with Crippen LogP contribution in [0.3, 0.4) is 0 Å². The van der Waals surface area contributed by atoms with E-state index in [-0.39, 0.29) is 0 Å². The second-order valence-electron chi connectivity index (χ2n) is 4.43. The fourth-order valence-electron chi connectivity index (χ4n) is 2.45. The van der Waals surface area contributed by atoms with Crippen LogP contribution >= 0.6 is 0 Å². The van der Waals surface area contributed by atoms with Gasteiger partial charge in [0.15, 0.2) is 0 Å². The first-order valence-corrected chi connectivity index (χ1v) is 6.03. The average Bonchev–Trinajstić information content (AvgIpc) is 2.82. The van der Waals surface area contributed by atoms with Gasteiger partial charge in [0.2, 0.25) is 0 Å². The molecule has 18 heavy (non-hydrogen) atoms. The summed E-state index contributed by atoms with van der Waals surface area (Å²) < 4.78 is 12.3. The highest BCUT2D eigenvalue weighted by molar-refractivity contribution is 5.81. The number of rotatable bonds is 2. The lowest BCUT2D eigenvalue weighted by atomic mass is 9.97. The molecule has 0 amide bonds. The molecular weight excluding hydrogens is 223 g/mol. The van der Waals surface area contributed by atoms with E-state index in [1.165, 1.54) is 28.3 Å². The molecule has 1 aliphatic rings. The van der Waals surface area contributed by atoms with E-state index in [0.717, 1.165) is 12.0 Å². The number of halogens is 1. The van der Waals surface area contributed by atoms with E-state index in [1.54, 1.807) is 0 Å². The van der Waals surface area contributed by atoms with Crippen molar-refractivity contribution in [1.29, 1.82) is 0 Å². The first kappa shape index (κ1) is 11.0. The van der Waals surface area contributed by atoms with Gasteiger partial charge in [-0.1, -0.05) is 54.6 Å². The summed E-state index contributed by atoms with van der Waals surface area (Å²) in [4.78, 5) is 0. The molecule has 0 atom stereocenters. The highest BCUT2D eigenvalue weighted by Crippen LogP contribution is 2.34. The van der Waals surface area contributed by atoms with Gasteiger partial charge in [-0.15, -0.1) is 0 Å². The normalized spacial score (nSPS) is 13.7. The summed E-state index contributed by atoms with van der Waals surface area (Å²) in [6, 6.07) is 16.6. The van der Waals surface area contributed by atoms with Crippen molar-refractivity contribution in [3.05, 3.63) is 77.6 Å². The maximum atomic E-state index is 12.3. The molecule has 0 saturated carbocycles. The largest absolute Gasteiger partial charge is 0.216 e. The van der Waals surface area contributed by atoms with Crippen LogP contribution in [0.5, 0.6) is 0 Å². The van der Waals surface area contributed by atoms with Gasteiger partial charge in [-0.05, 0) is 40.3 Å². The van der Waals surface area contributed by atoms with Crippen LogP contribution in [0.1, 0.15) is 11.1 Å². The van der Waals surface area contributed by atoms with Crippen molar-refractivity contribution in [1.82, 2.24) is 0 Å². The molecular formula is C17H13F. The number of hydrogen-bond acceptors (Lipinski definition) is 0. The third-order valence-electron chi connectivity index (χ3n) is 3.28. The van der Waals surface area contributed by atoms with Crippen LogP contribution in [0.25, 0.3) is 17.2 Å². The van der Waals surface area contributed by atoms with Gasteiger partial charge in [0.25, 0.3) is 0 Å². The molecule has 1 heteroatoms. The molecule has 0 fully saturated rings. The van der Waals surface area contributed by atoms with E-state index in [1.807, 2.05) is 18.2 Å². The predicted octanol–water partition coefficient (Wildman–Crippen LogP) is 4.78. The lowest BCUT2D eigenvalue weighted by Gasteiger charge is -2.07. The highest BCUT2D eigenvalue weighted by Gasteiger charge is 2.14. The summed E-state index contributed by atoms with van der Waals surface area (Å²) >= 11 is 0. The van der Waals surface area contributed by atoms with E-state index in [4.69, 9.17) is 0 Å². The molecule has 0 nitrogen and oxygen atoms in total. The molecule has 1 aliphatic carbocycles. The smallest absolute Gasteiger partial charge is 0.0869 e. The first-order chi connectivity index (χ1) is 8.88. The van der Waals surface area contributed by atoms with Crippen molar-refractivity contribution in [2.24, 2.45) is 0 Å². The van der Waals surface area contributed by atoms with Crippen molar-refractivity contribution in [2.45, 2.75) is 6.42 Å². The first-order valence-electron chi connectivity index (χ1n) is 6.03. The molecule has 0 heterocycles. The van der Waals surface area contributed by atoms with Gasteiger partial charge in [-0.2, -0.15) is 0 Å². The van der Waals surface area contributed by atoms with Crippen molar-refractivity contribution < 1.29 is 4.39 Å². The quantitative estimate of drug-likeness (QED) is 0.704. The predicted molar refractivity (Wildman–Crippen MR) is 73.8 cm³/mol. The topological polar surface area (TPSA) is 0 Å². The summed E-state index contributed by atoms with van der Waals surface area (Å²) in [6.07, 6.45) is 5.04. The summed E-state index contributed by atoms with van der Waals surface area (Å²) in [5.41, 5.74) is 5.93. The fraction of sp³-hybridized carbons (Fsp3) is 0.0588. The Hall–Kier alpha value is -2.15. The Labute approximate surface area is 106 Å². The SMILES string of the molecule is FC=CC1=Cc2c(cccc2-c2ccccc2)C1. The Bertz CT molecular complexity index is 621. The average molecular weight is 236 g/mol. The Morgan fingerprint density at radius 1 is 0.944 bits per heavy atom. The van der Waals surface area contributed by atoms with Gasteiger partial charge in [0, 0.05) is 0 Å². The molecule has 2 aromatic carbocycles. The minimum Gasteiger partial charge on any atom is -0.216 e. The maximum Gasteiger partial charge on any atom is 0.0869 e. The third kappa shape index (κ3) is 1.88. The molecule has 0 unspecified atom stereocenters. The number of hydrogen-bond donors (Lipinski definition) is 0. The van der Waals surface area contributed by atoms with Gasteiger partial charge in [0.1, 0.15) is 0 Å². The van der Waals surface area contributed by atoms with Gasteiger partial charge < -0.3 is 0 Å². The standard InChI is InChI=1S/C17H13F/c18-10-9-13-11-15-7-4-8-16(17(15)12-13)14-5-2-1-3-6-14/h1-10,12H,11H2. The number of allylic oxidation sites excluding steroid dienone is 2. The fourth-order valence-corrected chi connectivity index (χ4v) is 2.45. The lowest BCUT2D eigenvalue weighted by molar-refractivity contribution is 0.720. The van der Waals surface area contributed by atoms with E-state index in [0.29, 0.717) is 6.33 Å². The molecule has 0 bridgehead atoms. The zero-order valence-corrected chi connectivity index (χ0v) is 9.94. The molecule has 0 aliphatic heterocycles. The van der Waals surface area contributed by atoms with Crippen molar-refractivity contribution in [3.8, 4) is 11.1 Å². The molecule has 0 aromatic heterocycles. The zero-order valence-electron chi connectivity index (χ0n) is 9.94. The monoisotopic (exact) mass is 236 g/mol. The Kier molecular flexibility index (Phi) is 2.81. The summed E-state index contributed by atoms with van der Waals surface area (Å²) in [6.45, 7) is 0. The van der Waals surface area contributed by atoms with Crippen LogP contribution in [-0.4, -0.2) is 0 Å². The van der Waals surface area contributed by atoms with E-state index < -0.39 is 0 Å².